The van der Waals surface area contributed by atoms with Crippen molar-refractivity contribution >= 4 is 11.8 Å². The highest BCUT2D eigenvalue weighted by molar-refractivity contribution is 5.95. The van der Waals surface area contributed by atoms with Crippen LogP contribution in [0.15, 0.2) is 36.5 Å². The predicted molar refractivity (Wildman–Crippen MR) is 92.1 cm³/mol. The molecular weight excluding hydrogens is 322 g/mol. The van der Waals surface area contributed by atoms with Gasteiger partial charge >= 0.3 is 0 Å². The zero-order valence-electron chi connectivity index (χ0n) is 14.3. The third kappa shape index (κ3) is 3.45. The monoisotopic (exact) mass is 343 g/mol. The molecule has 2 heterocycles. The highest BCUT2D eigenvalue weighted by Gasteiger charge is 2.26. The van der Waals surface area contributed by atoms with E-state index in [0.717, 1.165) is 0 Å². The van der Waals surface area contributed by atoms with Crippen LogP contribution in [0.5, 0.6) is 11.5 Å². The summed E-state index contributed by atoms with van der Waals surface area (Å²) in [7, 11) is 3.09. The molecule has 1 aromatic heterocycles. The van der Waals surface area contributed by atoms with Crippen LogP contribution in [0.2, 0.25) is 0 Å². The zero-order chi connectivity index (χ0) is 17.8. The first-order chi connectivity index (χ1) is 12.1. The number of methoxy groups -OCH3 is 2. The van der Waals surface area contributed by atoms with E-state index >= 15 is 0 Å². The number of hydrogen-bond acceptors (Lipinski definition) is 4. The number of nitrogens with zero attached hydrogens (tertiary/aromatic N) is 2. The van der Waals surface area contributed by atoms with Gasteiger partial charge < -0.3 is 24.3 Å². The standard InChI is InChI=1S/C18H21N3O4/c1-24-15-6-5-13(12-16(15)25-2)17(22)20-8-10-21(11-9-20)18(23)14-4-3-7-19-14/h3-7,12,19H,8-11H2,1-2H3. The minimum atomic E-state index is -0.0760. The number of ether oxygens (including phenoxy) is 2. The lowest BCUT2D eigenvalue weighted by molar-refractivity contribution is 0.0532. The number of aromatic amines is 1. The summed E-state index contributed by atoms with van der Waals surface area (Å²) in [5.74, 6) is 0.991. The minimum absolute atomic E-state index is 0.0387. The van der Waals surface area contributed by atoms with Crippen LogP contribution in [-0.2, 0) is 0 Å². The number of rotatable bonds is 4. The molecule has 2 amide bonds. The Morgan fingerprint density at radius 3 is 2.12 bits per heavy atom. The molecule has 1 fully saturated rings. The number of H-pyrrole nitrogens is 1. The number of carbonyl (C=O) groups excluding carboxylic acids is 2. The van der Waals surface area contributed by atoms with Crippen LogP contribution < -0.4 is 9.47 Å². The summed E-state index contributed by atoms with van der Waals surface area (Å²) in [5, 5.41) is 0. The van der Waals surface area contributed by atoms with E-state index in [4.69, 9.17) is 9.47 Å². The molecular formula is C18H21N3O4. The van der Waals surface area contributed by atoms with Gasteiger partial charge in [-0.1, -0.05) is 0 Å². The molecule has 0 saturated carbocycles. The lowest BCUT2D eigenvalue weighted by atomic mass is 10.1. The van der Waals surface area contributed by atoms with Crippen LogP contribution >= 0.6 is 0 Å². The average molecular weight is 343 g/mol. The van der Waals surface area contributed by atoms with E-state index in [1.807, 2.05) is 0 Å². The van der Waals surface area contributed by atoms with Crippen molar-refractivity contribution < 1.29 is 19.1 Å². The molecule has 0 atom stereocenters. The normalized spacial score (nSPS) is 14.3. The van der Waals surface area contributed by atoms with Crippen molar-refractivity contribution in [1.82, 2.24) is 14.8 Å². The number of piperazine rings is 1. The lowest BCUT2D eigenvalue weighted by Gasteiger charge is -2.34. The van der Waals surface area contributed by atoms with Crippen LogP contribution in [-0.4, -0.2) is 67.0 Å². The molecule has 7 nitrogen and oxygen atoms in total. The van der Waals surface area contributed by atoms with Crippen molar-refractivity contribution in [3.63, 3.8) is 0 Å². The van der Waals surface area contributed by atoms with Gasteiger partial charge in [0.25, 0.3) is 11.8 Å². The van der Waals surface area contributed by atoms with E-state index in [1.54, 1.807) is 53.4 Å². The van der Waals surface area contributed by atoms with Gasteiger partial charge in [0.05, 0.1) is 14.2 Å². The number of nitrogens with one attached hydrogen (secondary N) is 1. The number of aromatic nitrogens is 1. The van der Waals surface area contributed by atoms with Crippen molar-refractivity contribution in [2.45, 2.75) is 0 Å². The third-order valence-corrected chi connectivity index (χ3v) is 4.31. The molecule has 1 aliphatic heterocycles. The Morgan fingerprint density at radius 1 is 0.920 bits per heavy atom. The molecule has 7 heteroatoms. The van der Waals surface area contributed by atoms with Gasteiger partial charge in [-0.05, 0) is 30.3 Å². The van der Waals surface area contributed by atoms with Gasteiger partial charge in [0.2, 0.25) is 0 Å². The smallest absolute Gasteiger partial charge is 0.270 e. The van der Waals surface area contributed by atoms with Crippen LogP contribution in [0, 0.1) is 0 Å². The highest BCUT2D eigenvalue weighted by atomic mass is 16.5. The molecule has 0 aliphatic carbocycles. The average Bonchev–Trinajstić information content (AvgIpc) is 3.21. The number of benzene rings is 1. The molecule has 25 heavy (non-hydrogen) atoms. The Morgan fingerprint density at radius 2 is 1.56 bits per heavy atom. The van der Waals surface area contributed by atoms with Gasteiger partial charge in [0, 0.05) is 37.9 Å². The molecule has 2 aromatic rings. The largest absolute Gasteiger partial charge is 0.493 e. The fraction of sp³-hybridized carbons (Fsp3) is 0.333. The van der Waals surface area contributed by atoms with Gasteiger partial charge in [-0.2, -0.15) is 0 Å². The molecule has 132 valence electrons. The maximum atomic E-state index is 12.7. The Balaban J connectivity index is 1.64. The molecule has 3 rings (SSSR count). The first-order valence-corrected chi connectivity index (χ1v) is 8.08. The maximum Gasteiger partial charge on any atom is 0.270 e. The van der Waals surface area contributed by atoms with Crippen molar-refractivity contribution in [3.05, 3.63) is 47.8 Å². The van der Waals surface area contributed by atoms with E-state index in [1.165, 1.54) is 7.11 Å². The third-order valence-electron chi connectivity index (χ3n) is 4.31. The van der Waals surface area contributed by atoms with Crippen LogP contribution in [0.25, 0.3) is 0 Å². The Hall–Kier alpha value is -2.96. The second-order valence-electron chi connectivity index (χ2n) is 5.74. The van der Waals surface area contributed by atoms with E-state index in [0.29, 0.717) is 48.9 Å². The quantitative estimate of drug-likeness (QED) is 0.916. The molecule has 1 aromatic carbocycles. The first-order valence-electron chi connectivity index (χ1n) is 8.08. The van der Waals surface area contributed by atoms with Gasteiger partial charge in [-0.3, -0.25) is 9.59 Å². The summed E-state index contributed by atoms with van der Waals surface area (Å²) in [6.07, 6.45) is 1.73. The predicted octanol–water partition coefficient (Wildman–Crippen LogP) is 1.63. The molecule has 0 unspecified atom stereocenters. The fourth-order valence-corrected chi connectivity index (χ4v) is 2.90. The van der Waals surface area contributed by atoms with Crippen molar-refractivity contribution in [3.8, 4) is 11.5 Å². The van der Waals surface area contributed by atoms with E-state index < -0.39 is 0 Å². The SMILES string of the molecule is COc1ccc(C(=O)N2CCN(C(=O)c3ccc[nH]3)CC2)cc1OC. The molecule has 0 spiro atoms. The summed E-state index contributed by atoms with van der Waals surface area (Å²) in [4.78, 5) is 31.4. The Kier molecular flexibility index (Phi) is 4.92. The summed E-state index contributed by atoms with van der Waals surface area (Å²) >= 11 is 0. The number of amides is 2. The van der Waals surface area contributed by atoms with Gasteiger partial charge in [-0.15, -0.1) is 0 Å². The van der Waals surface area contributed by atoms with E-state index in [2.05, 4.69) is 4.98 Å². The topological polar surface area (TPSA) is 74.9 Å². The van der Waals surface area contributed by atoms with Crippen molar-refractivity contribution in [2.24, 2.45) is 0 Å². The number of carbonyl (C=O) groups is 2. The second-order valence-corrected chi connectivity index (χ2v) is 5.74. The molecule has 1 saturated heterocycles. The lowest BCUT2D eigenvalue weighted by Crippen LogP contribution is -2.50. The fourth-order valence-electron chi connectivity index (χ4n) is 2.90. The maximum absolute atomic E-state index is 12.7. The second kappa shape index (κ2) is 7.29. The summed E-state index contributed by atoms with van der Waals surface area (Å²) in [6.45, 7) is 2.02. The van der Waals surface area contributed by atoms with Crippen LogP contribution in [0.1, 0.15) is 20.8 Å². The van der Waals surface area contributed by atoms with E-state index in [9.17, 15) is 9.59 Å². The Labute approximate surface area is 146 Å². The minimum Gasteiger partial charge on any atom is -0.493 e. The number of hydrogen-bond donors (Lipinski definition) is 1. The highest BCUT2D eigenvalue weighted by Crippen LogP contribution is 2.28. The van der Waals surface area contributed by atoms with Crippen molar-refractivity contribution in [1.29, 1.82) is 0 Å². The summed E-state index contributed by atoms with van der Waals surface area (Å²) < 4.78 is 10.4. The summed E-state index contributed by atoms with van der Waals surface area (Å²) in [6, 6.07) is 8.67. The first kappa shape index (κ1) is 16.9. The van der Waals surface area contributed by atoms with E-state index in [-0.39, 0.29) is 11.8 Å². The van der Waals surface area contributed by atoms with Crippen molar-refractivity contribution in [2.75, 3.05) is 40.4 Å². The Bertz CT molecular complexity index is 750. The van der Waals surface area contributed by atoms with Crippen LogP contribution in [0.4, 0.5) is 0 Å². The summed E-state index contributed by atoms with van der Waals surface area (Å²) in [5.41, 5.74) is 1.11. The van der Waals surface area contributed by atoms with Gasteiger partial charge in [0.1, 0.15) is 5.69 Å². The van der Waals surface area contributed by atoms with Gasteiger partial charge in [0.15, 0.2) is 11.5 Å². The molecule has 1 N–H and O–H groups in total. The zero-order valence-corrected chi connectivity index (χ0v) is 14.3. The molecule has 0 radical (unpaired) electrons. The molecule has 0 bridgehead atoms. The van der Waals surface area contributed by atoms with Gasteiger partial charge in [-0.25, -0.2) is 0 Å². The van der Waals surface area contributed by atoms with Crippen LogP contribution in [0.3, 0.4) is 0 Å². The molecule has 1 aliphatic rings.